The van der Waals surface area contributed by atoms with E-state index in [-0.39, 0.29) is 25.7 Å². The molecule has 0 aliphatic rings. The minimum absolute atomic E-state index is 0.0352. The molecule has 3 N–H and O–H groups in total. The maximum atomic E-state index is 13.1. The minimum atomic E-state index is -4.99. The molecule has 17 nitrogen and oxygen atoms in total. The molecule has 0 aliphatic carbocycles. The van der Waals surface area contributed by atoms with Gasteiger partial charge < -0.3 is 33.8 Å². The first-order valence-electron chi connectivity index (χ1n) is 37.1. The van der Waals surface area contributed by atoms with Gasteiger partial charge in [-0.1, -0.05) is 238 Å². The van der Waals surface area contributed by atoms with Gasteiger partial charge in [-0.15, -0.1) is 0 Å². The molecule has 5 unspecified atom stereocenters. The minimum Gasteiger partial charge on any atom is -0.462 e. The number of ether oxygens (including phenoxy) is 4. The van der Waals surface area contributed by atoms with Crippen LogP contribution >= 0.6 is 15.6 Å². The highest BCUT2D eigenvalue weighted by Crippen LogP contribution is 2.45. The van der Waals surface area contributed by atoms with Crippen molar-refractivity contribution in [3.63, 3.8) is 0 Å². The third-order valence-electron chi connectivity index (χ3n) is 14.8. The molecule has 0 saturated heterocycles. The molecule has 0 rings (SSSR count). The predicted octanol–water partition coefficient (Wildman–Crippen LogP) is 21.1. The first-order valence-corrected chi connectivity index (χ1v) is 40.1. The van der Waals surface area contributed by atoms with Crippen LogP contribution in [0, 0.1) is 0 Å². The third kappa shape index (κ3) is 69.4. The van der Waals surface area contributed by atoms with Crippen LogP contribution in [0.1, 0.15) is 272 Å². The molecule has 0 bridgehead atoms. The van der Waals surface area contributed by atoms with Crippen molar-refractivity contribution in [3.05, 3.63) is 146 Å². The number of hydrogen-bond donors (Lipinski definition) is 3. The number of phosphoric ester groups is 2. The Bertz CT molecular complexity index is 2430. The highest BCUT2D eigenvalue weighted by atomic mass is 31.2. The van der Waals surface area contributed by atoms with Gasteiger partial charge in [0.15, 0.2) is 12.2 Å². The zero-order valence-corrected chi connectivity index (χ0v) is 62.4. The lowest BCUT2D eigenvalue weighted by molar-refractivity contribution is -0.161. The van der Waals surface area contributed by atoms with Crippen molar-refractivity contribution in [3.8, 4) is 0 Å². The first-order chi connectivity index (χ1) is 47.7. The molecule has 0 amide bonds. The summed E-state index contributed by atoms with van der Waals surface area (Å²) < 4.78 is 68.3. The molecule has 98 heavy (non-hydrogen) atoms. The van der Waals surface area contributed by atoms with Crippen molar-refractivity contribution in [2.75, 3.05) is 39.6 Å². The largest absolute Gasteiger partial charge is 0.472 e. The highest BCUT2D eigenvalue weighted by molar-refractivity contribution is 7.47. The van der Waals surface area contributed by atoms with Crippen LogP contribution < -0.4 is 0 Å². The summed E-state index contributed by atoms with van der Waals surface area (Å²) in [5.74, 6) is -2.30. The van der Waals surface area contributed by atoms with Gasteiger partial charge in [0.05, 0.1) is 26.4 Å². The van der Waals surface area contributed by atoms with Crippen molar-refractivity contribution < 1.29 is 80.2 Å². The molecule has 0 aromatic heterocycles. The van der Waals surface area contributed by atoms with Crippen molar-refractivity contribution in [2.24, 2.45) is 0 Å². The fraction of sp³-hybridized carbons (Fsp3) is 0.646. The van der Waals surface area contributed by atoms with Gasteiger partial charge in [-0.2, -0.15) is 0 Å². The van der Waals surface area contributed by atoms with E-state index in [1.165, 1.54) is 12.8 Å². The average Bonchev–Trinajstić information content (AvgIpc) is 0.985. The fourth-order valence-corrected chi connectivity index (χ4v) is 10.8. The molecule has 5 atom stereocenters. The van der Waals surface area contributed by atoms with Crippen LogP contribution in [0.15, 0.2) is 146 Å². The van der Waals surface area contributed by atoms with Crippen LogP contribution in [0.3, 0.4) is 0 Å². The Labute approximate surface area is 592 Å². The summed E-state index contributed by atoms with van der Waals surface area (Å²) in [5.41, 5.74) is 0. The van der Waals surface area contributed by atoms with E-state index in [0.29, 0.717) is 32.1 Å². The van der Waals surface area contributed by atoms with E-state index in [1.807, 2.05) is 0 Å². The molecular weight excluding hydrogens is 1280 g/mol. The molecule has 0 radical (unpaired) electrons. The number of phosphoric acid groups is 2. The van der Waals surface area contributed by atoms with Crippen molar-refractivity contribution in [1.82, 2.24) is 0 Å². The van der Waals surface area contributed by atoms with Crippen molar-refractivity contribution in [1.29, 1.82) is 0 Å². The molecule has 19 heteroatoms. The predicted molar refractivity (Wildman–Crippen MR) is 399 cm³/mol. The second-order valence-electron chi connectivity index (χ2n) is 24.1. The third-order valence-corrected chi connectivity index (χ3v) is 16.7. The topological polar surface area (TPSA) is 237 Å². The van der Waals surface area contributed by atoms with E-state index in [1.54, 1.807) is 0 Å². The number of hydrogen-bond acceptors (Lipinski definition) is 15. The number of unbranched alkanes of at least 4 members (excludes halogenated alkanes) is 18. The number of allylic oxidation sites excluding steroid dienone is 24. The second kappa shape index (κ2) is 70.4. The average molecular weight is 1410 g/mol. The van der Waals surface area contributed by atoms with Gasteiger partial charge in [0.1, 0.15) is 19.3 Å². The van der Waals surface area contributed by atoms with Gasteiger partial charge in [0, 0.05) is 25.7 Å². The van der Waals surface area contributed by atoms with Crippen LogP contribution in [0.2, 0.25) is 0 Å². The molecule has 0 saturated carbocycles. The summed E-state index contributed by atoms with van der Waals surface area (Å²) >= 11 is 0. The monoisotopic (exact) mass is 1410 g/mol. The van der Waals surface area contributed by atoms with Crippen LogP contribution in [0.4, 0.5) is 0 Å². The number of aliphatic hydroxyl groups excluding tert-OH is 1. The summed E-state index contributed by atoms with van der Waals surface area (Å²) in [5, 5.41) is 10.6. The van der Waals surface area contributed by atoms with Crippen molar-refractivity contribution >= 4 is 39.5 Å². The molecular formula is C79H130O17P2. The van der Waals surface area contributed by atoms with E-state index >= 15 is 0 Å². The zero-order valence-electron chi connectivity index (χ0n) is 60.7. The van der Waals surface area contributed by atoms with Crippen molar-refractivity contribution in [2.45, 2.75) is 290 Å². The maximum absolute atomic E-state index is 13.1. The van der Waals surface area contributed by atoms with Crippen LogP contribution in [0.25, 0.3) is 0 Å². The van der Waals surface area contributed by atoms with E-state index in [2.05, 4.69) is 174 Å². The van der Waals surface area contributed by atoms with E-state index in [9.17, 15) is 43.2 Å². The summed E-state index contributed by atoms with van der Waals surface area (Å²) in [6.07, 6.45) is 78.6. The summed E-state index contributed by atoms with van der Waals surface area (Å²) in [6, 6.07) is 0. The quantitative estimate of drug-likeness (QED) is 0.0169. The van der Waals surface area contributed by atoms with Gasteiger partial charge in [-0.25, -0.2) is 9.13 Å². The summed E-state index contributed by atoms with van der Waals surface area (Å²) in [7, 11) is -9.98. The van der Waals surface area contributed by atoms with Gasteiger partial charge in [0.25, 0.3) is 0 Å². The van der Waals surface area contributed by atoms with E-state index < -0.39 is 97.5 Å². The van der Waals surface area contributed by atoms with Gasteiger partial charge in [0.2, 0.25) is 0 Å². The standard InChI is InChI=1S/C79H130O17P2/c1-5-9-13-17-21-25-29-32-35-36-39-41-45-48-52-56-60-64-77(82)90-70-75(96-79(84)66-62-58-54-50-46-42-38-34-31-27-23-19-15-11-7-3)72-94-98(87,88)92-68-73(80)67-91-97(85,86)93-71-74(95-78(83)65-61-57-53-49-43-28-24-20-16-12-8-4)69-89-76(81)63-59-55-51-47-44-40-37-33-30-26-22-18-14-10-6-2/h9-11,13-15,20-27,32-35,37-38,44,46-47,50,73-75,80H,5-8,12,16-19,28-31,36,39-43,45,48-49,51-72H2,1-4H3,(H,85,86)(H,87,88)/b13-9-,14-10-,15-11-,24-20-,25-21-,26-22-,27-23-,35-32-,37-33-,38-34-,47-44-,50-46-. The lowest BCUT2D eigenvalue weighted by Gasteiger charge is -2.21. The number of esters is 4. The summed E-state index contributed by atoms with van der Waals surface area (Å²) in [4.78, 5) is 72.7. The molecule has 0 heterocycles. The van der Waals surface area contributed by atoms with Gasteiger partial charge in [-0.05, 0) is 154 Å². The van der Waals surface area contributed by atoms with Crippen LogP contribution in [0.5, 0.6) is 0 Å². The molecule has 0 aromatic carbocycles. The Kier molecular flexibility index (Phi) is 66.7. The molecule has 0 aliphatic heterocycles. The van der Waals surface area contributed by atoms with E-state index in [4.69, 9.17) is 37.0 Å². The number of carbonyl (C=O) groups is 4. The molecule has 0 aromatic rings. The normalized spacial score (nSPS) is 14.8. The first kappa shape index (κ1) is 92.9. The van der Waals surface area contributed by atoms with E-state index in [0.717, 1.165) is 173 Å². The highest BCUT2D eigenvalue weighted by Gasteiger charge is 2.30. The Balaban J connectivity index is 5.41. The second-order valence-corrected chi connectivity index (χ2v) is 27.0. The Morgan fingerprint density at radius 1 is 0.296 bits per heavy atom. The number of rotatable bonds is 68. The zero-order chi connectivity index (χ0) is 71.8. The Morgan fingerprint density at radius 2 is 0.531 bits per heavy atom. The SMILES string of the molecule is CC/C=C\C/C=C\C/C=C\C/C=C\CCCCC(=O)OCC(COP(=O)(O)OCC(O)COP(=O)(O)OCC(COC(=O)CCCCCCCCC/C=C\C/C=C\C/C=C\CC)OC(=O)CCCC/C=C\C/C=C\C/C=C\C/C=C\CC)OC(=O)CCCCCCC/C=C\CCCC. The maximum Gasteiger partial charge on any atom is 0.472 e. The van der Waals surface area contributed by atoms with Crippen LogP contribution in [-0.4, -0.2) is 96.7 Å². The lowest BCUT2D eigenvalue weighted by Crippen LogP contribution is -2.30. The summed E-state index contributed by atoms with van der Waals surface area (Å²) in [6.45, 7) is 4.35. The lowest BCUT2D eigenvalue weighted by atomic mass is 10.1. The molecule has 0 spiro atoms. The Hall–Kier alpha value is -5.06. The molecule has 558 valence electrons. The van der Waals surface area contributed by atoms with Gasteiger partial charge in [-0.3, -0.25) is 37.3 Å². The number of carbonyl (C=O) groups excluding carboxylic acids is 4. The van der Waals surface area contributed by atoms with Crippen LogP contribution in [-0.2, 0) is 65.4 Å². The Morgan fingerprint density at radius 3 is 0.847 bits per heavy atom. The molecule has 0 fully saturated rings. The smallest absolute Gasteiger partial charge is 0.462 e. The fourth-order valence-electron chi connectivity index (χ4n) is 9.20. The number of aliphatic hydroxyl groups is 1. The van der Waals surface area contributed by atoms with Gasteiger partial charge >= 0.3 is 39.5 Å².